The van der Waals surface area contributed by atoms with E-state index in [9.17, 15) is 5.11 Å². The molecule has 0 amide bonds. The Bertz CT molecular complexity index is 350. The smallest absolute Gasteiger partial charge is 0.0948 e. The molecule has 1 aromatic carbocycles. The lowest BCUT2D eigenvalue weighted by molar-refractivity contribution is 0.0534. The summed E-state index contributed by atoms with van der Waals surface area (Å²) in [5.74, 6) is 0. The van der Waals surface area contributed by atoms with Gasteiger partial charge in [-0.15, -0.1) is 0 Å². The van der Waals surface area contributed by atoms with E-state index in [-0.39, 0.29) is 6.10 Å². The Balaban J connectivity index is 2.04. The van der Waals surface area contributed by atoms with E-state index in [0.29, 0.717) is 6.04 Å². The third-order valence-corrected chi connectivity index (χ3v) is 3.53. The summed E-state index contributed by atoms with van der Waals surface area (Å²) < 4.78 is 0. The number of rotatable bonds is 0. The summed E-state index contributed by atoms with van der Waals surface area (Å²) in [5.41, 5.74) is 2.45. The van der Waals surface area contributed by atoms with Gasteiger partial charge in [-0.1, -0.05) is 24.3 Å². The number of nitrogens with zero attached hydrogens (tertiary/aromatic N) is 1. The van der Waals surface area contributed by atoms with Crippen LogP contribution in [-0.2, 0) is 6.54 Å². The molecule has 2 heteroatoms. The molecule has 2 nitrogen and oxygen atoms in total. The zero-order valence-corrected chi connectivity index (χ0v) is 8.19. The molecule has 0 aliphatic carbocycles. The number of aliphatic hydroxyl groups excluding tert-OH is 1. The van der Waals surface area contributed by atoms with Crippen molar-refractivity contribution in [3.05, 3.63) is 35.4 Å². The molecule has 1 N–H and O–H groups in total. The molecule has 0 saturated carbocycles. The van der Waals surface area contributed by atoms with Crippen molar-refractivity contribution in [2.24, 2.45) is 0 Å². The molecular formula is C12H15NO. The van der Waals surface area contributed by atoms with Crippen molar-refractivity contribution in [2.45, 2.75) is 31.5 Å². The van der Waals surface area contributed by atoms with E-state index in [1.54, 1.807) is 0 Å². The minimum Gasteiger partial charge on any atom is -0.387 e. The van der Waals surface area contributed by atoms with Crippen LogP contribution in [0.5, 0.6) is 0 Å². The van der Waals surface area contributed by atoms with Gasteiger partial charge in [-0.25, -0.2) is 0 Å². The first-order valence-electron chi connectivity index (χ1n) is 5.36. The highest BCUT2D eigenvalue weighted by Gasteiger charge is 2.36. The van der Waals surface area contributed by atoms with E-state index in [1.165, 1.54) is 12.0 Å². The molecule has 74 valence electrons. The number of hydrogen-bond donors (Lipinski definition) is 1. The lowest BCUT2D eigenvalue weighted by Crippen LogP contribution is -2.38. The maximum Gasteiger partial charge on any atom is 0.0948 e. The van der Waals surface area contributed by atoms with Gasteiger partial charge in [-0.05, 0) is 30.5 Å². The van der Waals surface area contributed by atoms with Gasteiger partial charge in [0.15, 0.2) is 0 Å². The molecule has 0 radical (unpaired) electrons. The minimum absolute atomic E-state index is 0.262. The van der Waals surface area contributed by atoms with Gasteiger partial charge >= 0.3 is 0 Å². The molecule has 14 heavy (non-hydrogen) atoms. The zero-order chi connectivity index (χ0) is 9.54. The van der Waals surface area contributed by atoms with Gasteiger partial charge in [0.25, 0.3) is 0 Å². The van der Waals surface area contributed by atoms with E-state index in [4.69, 9.17) is 0 Å². The first kappa shape index (κ1) is 8.45. The molecule has 2 heterocycles. The highest BCUT2D eigenvalue weighted by Crippen LogP contribution is 2.36. The van der Waals surface area contributed by atoms with E-state index in [1.807, 2.05) is 6.07 Å². The summed E-state index contributed by atoms with van der Waals surface area (Å²) in [6.45, 7) is 2.17. The molecule has 0 aromatic heterocycles. The zero-order valence-electron chi connectivity index (χ0n) is 8.19. The molecule has 3 rings (SSSR count). The van der Waals surface area contributed by atoms with Gasteiger partial charge in [-0.2, -0.15) is 0 Å². The Kier molecular flexibility index (Phi) is 1.85. The van der Waals surface area contributed by atoms with Crippen molar-refractivity contribution in [1.82, 2.24) is 4.90 Å². The van der Waals surface area contributed by atoms with Crippen LogP contribution in [0.1, 0.15) is 30.1 Å². The Morgan fingerprint density at radius 3 is 3.07 bits per heavy atom. The maximum absolute atomic E-state index is 10.2. The molecule has 2 atom stereocenters. The van der Waals surface area contributed by atoms with E-state index in [2.05, 4.69) is 23.1 Å². The fourth-order valence-electron chi connectivity index (χ4n) is 2.80. The molecule has 0 bridgehead atoms. The summed E-state index contributed by atoms with van der Waals surface area (Å²) in [6, 6.07) is 8.65. The molecule has 1 aromatic rings. The molecule has 1 saturated heterocycles. The van der Waals surface area contributed by atoms with E-state index < -0.39 is 0 Å². The van der Waals surface area contributed by atoms with Crippen LogP contribution in [-0.4, -0.2) is 22.6 Å². The normalized spacial score (nSPS) is 31.2. The van der Waals surface area contributed by atoms with Crippen LogP contribution < -0.4 is 0 Å². The quantitative estimate of drug-likeness (QED) is 0.671. The first-order valence-corrected chi connectivity index (χ1v) is 5.36. The molecule has 2 aliphatic rings. The van der Waals surface area contributed by atoms with Crippen LogP contribution >= 0.6 is 0 Å². The van der Waals surface area contributed by atoms with Crippen molar-refractivity contribution in [2.75, 3.05) is 6.54 Å². The maximum atomic E-state index is 10.2. The lowest BCUT2D eigenvalue weighted by Gasteiger charge is -2.35. The average Bonchev–Trinajstić information content (AvgIpc) is 2.66. The Hall–Kier alpha value is -0.860. The van der Waals surface area contributed by atoms with Crippen LogP contribution in [0.25, 0.3) is 0 Å². The molecule has 0 spiro atoms. The molecule has 0 unspecified atom stereocenters. The fourth-order valence-corrected chi connectivity index (χ4v) is 2.80. The van der Waals surface area contributed by atoms with Gasteiger partial charge < -0.3 is 5.11 Å². The molecule has 1 fully saturated rings. The van der Waals surface area contributed by atoms with Crippen molar-refractivity contribution >= 4 is 0 Å². The standard InChI is InChI=1S/C12H15NO/c14-12-10-5-2-1-4-9(10)8-13-7-3-6-11(12)13/h1-2,4-5,11-12,14H,3,6-8H2/t11-,12+/m0/s1. The van der Waals surface area contributed by atoms with Crippen LogP contribution in [0.2, 0.25) is 0 Å². The Morgan fingerprint density at radius 1 is 1.29 bits per heavy atom. The van der Waals surface area contributed by atoms with Gasteiger partial charge in [0, 0.05) is 12.6 Å². The number of aliphatic hydroxyl groups is 1. The van der Waals surface area contributed by atoms with Gasteiger partial charge in [-0.3, -0.25) is 4.90 Å². The average molecular weight is 189 g/mol. The summed E-state index contributed by atoms with van der Waals surface area (Å²) in [5, 5.41) is 10.2. The van der Waals surface area contributed by atoms with Crippen LogP contribution in [0, 0.1) is 0 Å². The highest BCUT2D eigenvalue weighted by molar-refractivity contribution is 5.32. The van der Waals surface area contributed by atoms with Crippen LogP contribution in [0.3, 0.4) is 0 Å². The predicted octanol–water partition coefficient (Wildman–Crippen LogP) is 1.70. The van der Waals surface area contributed by atoms with Gasteiger partial charge in [0.1, 0.15) is 0 Å². The first-order chi connectivity index (χ1) is 6.86. The van der Waals surface area contributed by atoms with Gasteiger partial charge in [0.05, 0.1) is 6.10 Å². The number of benzene rings is 1. The van der Waals surface area contributed by atoms with Crippen LogP contribution in [0.15, 0.2) is 24.3 Å². The van der Waals surface area contributed by atoms with E-state index >= 15 is 0 Å². The van der Waals surface area contributed by atoms with Gasteiger partial charge in [0.2, 0.25) is 0 Å². The second-order valence-corrected chi connectivity index (χ2v) is 4.32. The predicted molar refractivity (Wildman–Crippen MR) is 54.8 cm³/mol. The SMILES string of the molecule is O[C@@H]1c2ccccc2CN2CCC[C@@H]12. The van der Waals surface area contributed by atoms with Crippen LogP contribution in [0.4, 0.5) is 0 Å². The summed E-state index contributed by atoms with van der Waals surface area (Å²) in [7, 11) is 0. The highest BCUT2D eigenvalue weighted by atomic mass is 16.3. The number of hydrogen-bond acceptors (Lipinski definition) is 2. The number of fused-ring (bicyclic) bond motifs is 2. The lowest BCUT2D eigenvalue weighted by atomic mass is 9.92. The second-order valence-electron chi connectivity index (χ2n) is 4.32. The molecule has 2 aliphatic heterocycles. The second kappa shape index (κ2) is 3.07. The van der Waals surface area contributed by atoms with E-state index in [0.717, 1.165) is 25.1 Å². The summed E-state index contributed by atoms with van der Waals surface area (Å²) in [4.78, 5) is 2.41. The van der Waals surface area contributed by atoms with Crippen molar-refractivity contribution in [3.8, 4) is 0 Å². The topological polar surface area (TPSA) is 23.5 Å². The fraction of sp³-hybridized carbons (Fsp3) is 0.500. The van der Waals surface area contributed by atoms with Crippen molar-refractivity contribution < 1.29 is 5.11 Å². The summed E-state index contributed by atoms with van der Waals surface area (Å²) >= 11 is 0. The Labute approximate surface area is 84.2 Å². The summed E-state index contributed by atoms with van der Waals surface area (Å²) in [6.07, 6.45) is 2.12. The largest absolute Gasteiger partial charge is 0.387 e. The van der Waals surface area contributed by atoms with Crippen molar-refractivity contribution in [1.29, 1.82) is 0 Å². The molecular weight excluding hydrogens is 174 g/mol. The third kappa shape index (κ3) is 1.11. The minimum atomic E-state index is -0.262. The monoisotopic (exact) mass is 189 g/mol. The third-order valence-electron chi connectivity index (χ3n) is 3.53. The van der Waals surface area contributed by atoms with Crippen molar-refractivity contribution in [3.63, 3.8) is 0 Å². The Morgan fingerprint density at radius 2 is 2.14 bits per heavy atom.